The number of nitrogens with zero attached hydrogens (tertiary/aromatic N) is 4. The molecule has 1 spiro atoms. The molecule has 0 radical (unpaired) electrons. The first-order chi connectivity index (χ1) is 15.0. The lowest BCUT2D eigenvalue weighted by molar-refractivity contribution is -0.134. The minimum absolute atomic E-state index is 0.130. The fourth-order valence-electron chi connectivity index (χ4n) is 5.04. The van der Waals surface area contributed by atoms with E-state index < -0.39 is 11.0 Å². The molecule has 7 heteroatoms. The van der Waals surface area contributed by atoms with E-state index in [0.29, 0.717) is 25.1 Å². The minimum atomic E-state index is -0.733. The van der Waals surface area contributed by atoms with E-state index in [1.807, 2.05) is 59.2 Å². The Bertz CT molecular complexity index is 1210. The van der Waals surface area contributed by atoms with Crippen LogP contribution in [0.15, 0.2) is 55.1 Å². The summed E-state index contributed by atoms with van der Waals surface area (Å²) in [4.78, 5) is 31.8. The Labute approximate surface area is 179 Å². The summed E-state index contributed by atoms with van der Waals surface area (Å²) in [5, 5.41) is 4.35. The molecule has 0 bridgehead atoms. The SMILES string of the molecule is Cc1cnn(-c2ccc(C3(C(=O)N4CCC5(C4)OC(=O)c4cnccc45)CC3)cc2)c1. The number of carbonyl (C=O) groups excluding carboxylic acids is 2. The third-order valence-electron chi connectivity index (χ3n) is 6.89. The van der Waals surface area contributed by atoms with Crippen molar-refractivity contribution in [3.8, 4) is 5.69 Å². The normalized spacial score (nSPS) is 23.1. The summed E-state index contributed by atoms with van der Waals surface area (Å²) in [6.45, 7) is 3.00. The molecule has 2 fully saturated rings. The van der Waals surface area contributed by atoms with E-state index in [0.717, 1.165) is 35.2 Å². The molecule has 31 heavy (non-hydrogen) atoms. The largest absolute Gasteiger partial charge is 0.449 e. The monoisotopic (exact) mass is 414 g/mol. The van der Waals surface area contributed by atoms with Crippen LogP contribution >= 0.6 is 0 Å². The van der Waals surface area contributed by atoms with Crippen molar-refractivity contribution < 1.29 is 14.3 Å². The van der Waals surface area contributed by atoms with Crippen LogP contribution in [0.5, 0.6) is 0 Å². The average Bonchev–Trinajstić information content (AvgIpc) is 3.17. The van der Waals surface area contributed by atoms with Crippen molar-refractivity contribution in [2.75, 3.05) is 13.1 Å². The number of amides is 1. The highest BCUT2D eigenvalue weighted by atomic mass is 16.6. The highest BCUT2D eigenvalue weighted by Crippen LogP contribution is 2.52. The maximum atomic E-state index is 13.6. The molecule has 1 atom stereocenters. The van der Waals surface area contributed by atoms with Gasteiger partial charge in [-0.25, -0.2) is 9.48 Å². The molecule has 0 N–H and O–H groups in total. The molecule has 156 valence electrons. The molecule has 1 unspecified atom stereocenters. The molecule has 6 rings (SSSR count). The van der Waals surface area contributed by atoms with Crippen LogP contribution in [-0.2, 0) is 20.5 Å². The van der Waals surface area contributed by atoms with E-state index in [1.54, 1.807) is 12.4 Å². The Morgan fingerprint density at radius 1 is 1.10 bits per heavy atom. The van der Waals surface area contributed by atoms with Gasteiger partial charge in [0, 0.05) is 37.1 Å². The van der Waals surface area contributed by atoms with Gasteiger partial charge in [-0.2, -0.15) is 5.10 Å². The molecule has 1 aliphatic carbocycles. The van der Waals surface area contributed by atoms with Crippen molar-refractivity contribution in [2.45, 2.75) is 37.2 Å². The molecule has 3 aromatic rings. The zero-order chi connectivity index (χ0) is 21.2. The quantitative estimate of drug-likeness (QED) is 0.616. The number of hydrogen-bond acceptors (Lipinski definition) is 5. The number of ether oxygens (including phenoxy) is 1. The number of fused-ring (bicyclic) bond motifs is 2. The Morgan fingerprint density at radius 3 is 2.61 bits per heavy atom. The highest BCUT2D eigenvalue weighted by Gasteiger charge is 2.57. The first-order valence-electron chi connectivity index (χ1n) is 10.6. The predicted molar refractivity (Wildman–Crippen MR) is 112 cm³/mol. The van der Waals surface area contributed by atoms with Gasteiger partial charge in [-0.05, 0) is 49.1 Å². The van der Waals surface area contributed by atoms with Gasteiger partial charge in [-0.15, -0.1) is 0 Å². The number of rotatable bonds is 3. The number of aromatic nitrogens is 3. The zero-order valence-electron chi connectivity index (χ0n) is 17.2. The summed E-state index contributed by atoms with van der Waals surface area (Å²) < 4.78 is 7.62. The summed E-state index contributed by atoms with van der Waals surface area (Å²) in [5.74, 6) is -0.214. The van der Waals surface area contributed by atoms with Crippen molar-refractivity contribution in [1.29, 1.82) is 0 Å². The van der Waals surface area contributed by atoms with E-state index in [2.05, 4.69) is 10.1 Å². The third kappa shape index (κ3) is 2.65. The summed E-state index contributed by atoms with van der Waals surface area (Å²) in [6.07, 6.45) is 9.35. The number of pyridine rings is 1. The lowest BCUT2D eigenvalue weighted by Crippen LogP contribution is -2.40. The maximum absolute atomic E-state index is 13.6. The van der Waals surface area contributed by atoms with Crippen LogP contribution in [0.4, 0.5) is 0 Å². The molecule has 7 nitrogen and oxygen atoms in total. The predicted octanol–water partition coefficient (Wildman–Crippen LogP) is 2.91. The Kier molecular flexibility index (Phi) is 3.70. The second-order valence-corrected chi connectivity index (χ2v) is 8.87. The van der Waals surface area contributed by atoms with E-state index in [-0.39, 0.29) is 11.9 Å². The number of benzene rings is 1. The van der Waals surface area contributed by atoms with E-state index in [1.165, 1.54) is 0 Å². The first-order valence-corrected chi connectivity index (χ1v) is 10.6. The maximum Gasteiger partial charge on any atom is 0.341 e. The van der Waals surface area contributed by atoms with Crippen molar-refractivity contribution in [1.82, 2.24) is 19.7 Å². The van der Waals surface area contributed by atoms with Crippen LogP contribution in [0.2, 0.25) is 0 Å². The summed E-state index contributed by atoms with van der Waals surface area (Å²) in [6, 6.07) is 9.96. The topological polar surface area (TPSA) is 77.3 Å². The summed E-state index contributed by atoms with van der Waals surface area (Å²) in [7, 11) is 0. The Balaban J connectivity index is 1.25. The van der Waals surface area contributed by atoms with Crippen LogP contribution in [0.25, 0.3) is 5.69 Å². The standard InChI is InChI=1S/C24H22N4O3/c1-16-12-26-28(14-16)18-4-2-17(3-5-18)23(7-8-23)22(30)27-11-9-24(15-27)20-6-10-25-13-19(20)21(29)31-24/h2-6,10,12-14H,7-9,11,15H2,1H3. The number of hydrogen-bond donors (Lipinski definition) is 0. The molecular formula is C24H22N4O3. The number of carbonyl (C=O) groups is 2. The highest BCUT2D eigenvalue weighted by molar-refractivity contribution is 5.95. The third-order valence-corrected chi connectivity index (χ3v) is 6.89. The molecule has 2 aromatic heterocycles. The van der Waals surface area contributed by atoms with Crippen molar-refractivity contribution in [3.05, 3.63) is 77.4 Å². The van der Waals surface area contributed by atoms with Crippen LogP contribution in [-0.4, -0.2) is 44.6 Å². The van der Waals surface area contributed by atoms with Crippen LogP contribution in [0.1, 0.15) is 46.3 Å². The van der Waals surface area contributed by atoms with Crippen LogP contribution < -0.4 is 0 Å². The van der Waals surface area contributed by atoms with E-state index in [4.69, 9.17) is 4.74 Å². The molecule has 4 heterocycles. The number of likely N-dealkylation sites (tertiary alicyclic amines) is 1. The van der Waals surface area contributed by atoms with Gasteiger partial charge in [0.25, 0.3) is 0 Å². The number of aryl methyl sites for hydroxylation is 1. The molecule has 1 saturated heterocycles. The van der Waals surface area contributed by atoms with Gasteiger partial charge in [0.2, 0.25) is 5.91 Å². The minimum Gasteiger partial charge on any atom is -0.449 e. The summed E-state index contributed by atoms with van der Waals surface area (Å²) in [5.41, 5.74) is 3.29. The molecule has 1 amide bonds. The second-order valence-electron chi connectivity index (χ2n) is 8.87. The van der Waals surface area contributed by atoms with Gasteiger partial charge >= 0.3 is 5.97 Å². The van der Waals surface area contributed by atoms with E-state index in [9.17, 15) is 9.59 Å². The molecule has 1 aromatic carbocycles. The Hall–Kier alpha value is -3.48. The zero-order valence-corrected chi connectivity index (χ0v) is 17.2. The smallest absolute Gasteiger partial charge is 0.341 e. The van der Waals surface area contributed by atoms with Crippen LogP contribution in [0.3, 0.4) is 0 Å². The van der Waals surface area contributed by atoms with Crippen molar-refractivity contribution >= 4 is 11.9 Å². The van der Waals surface area contributed by atoms with Gasteiger partial charge < -0.3 is 9.64 Å². The summed E-state index contributed by atoms with van der Waals surface area (Å²) >= 11 is 0. The van der Waals surface area contributed by atoms with Gasteiger partial charge in [-0.3, -0.25) is 9.78 Å². The first kappa shape index (κ1) is 18.3. The second kappa shape index (κ2) is 6.26. The molecular weight excluding hydrogens is 392 g/mol. The number of esters is 1. The average molecular weight is 414 g/mol. The molecule has 2 aliphatic heterocycles. The van der Waals surface area contributed by atoms with Gasteiger partial charge in [-0.1, -0.05) is 12.1 Å². The fourth-order valence-corrected chi connectivity index (χ4v) is 5.04. The van der Waals surface area contributed by atoms with E-state index >= 15 is 0 Å². The van der Waals surface area contributed by atoms with Crippen LogP contribution in [0, 0.1) is 6.92 Å². The Morgan fingerprint density at radius 2 is 1.90 bits per heavy atom. The van der Waals surface area contributed by atoms with Crippen molar-refractivity contribution in [3.63, 3.8) is 0 Å². The molecule has 1 saturated carbocycles. The molecule has 3 aliphatic rings. The van der Waals surface area contributed by atoms with Crippen molar-refractivity contribution in [2.24, 2.45) is 0 Å². The lowest BCUT2D eigenvalue weighted by Gasteiger charge is -2.27. The van der Waals surface area contributed by atoms with Gasteiger partial charge in [0.1, 0.15) is 0 Å². The fraction of sp³-hybridized carbons (Fsp3) is 0.333. The van der Waals surface area contributed by atoms with Gasteiger partial charge in [0.05, 0.1) is 29.4 Å². The lowest BCUT2D eigenvalue weighted by atomic mass is 9.92. The van der Waals surface area contributed by atoms with Gasteiger partial charge in [0.15, 0.2) is 5.60 Å².